The molecule has 0 saturated heterocycles. The van der Waals surface area contributed by atoms with E-state index >= 15 is 0 Å². The van der Waals surface area contributed by atoms with Crippen LogP contribution in [0.3, 0.4) is 0 Å². The molecule has 0 atom stereocenters. The van der Waals surface area contributed by atoms with Crippen LogP contribution in [0.1, 0.15) is 35.1 Å². The Kier molecular flexibility index (Phi) is 12.4. The fourth-order valence-corrected chi connectivity index (χ4v) is 4.69. The fourth-order valence-electron chi connectivity index (χ4n) is 4.69. The van der Waals surface area contributed by atoms with Crippen molar-refractivity contribution in [3.05, 3.63) is 145 Å². The second-order valence-electron chi connectivity index (χ2n) is 10.1. The summed E-state index contributed by atoms with van der Waals surface area (Å²) in [5.41, 5.74) is 7.35. The zero-order valence-corrected chi connectivity index (χ0v) is 25.0. The zero-order valence-electron chi connectivity index (χ0n) is 25.0. The summed E-state index contributed by atoms with van der Waals surface area (Å²) in [6, 6.07) is 33.5. The Bertz CT molecular complexity index is 1400. The third-order valence-electron chi connectivity index (χ3n) is 6.91. The summed E-state index contributed by atoms with van der Waals surface area (Å²) in [7, 11) is 0. The molecule has 6 nitrogen and oxygen atoms in total. The van der Waals surface area contributed by atoms with Crippen molar-refractivity contribution >= 4 is 11.9 Å². The lowest BCUT2D eigenvalue weighted by Gasteiger charge is -2.15. The molecule has 0 heterocycles. The van der Waals surface area contributed by atoms with Crippen LogP contribution in [-0.2, 0) is 27.1 Å². The van der Waals surface area contributed by atoms with E-state index < -0.39 is 5.97 Å². The third kappa shape index (κ3) is 10.0. The van der Waals surface area contributed by atoms with Crippen molar-refractivity contribution in [3.63, 3.8) is 0 Å². The van der Waals surface area contributed by atoms with Crippen molar-refractivity contribution in [1.29, 1.82) is 0 Å². The van der Waals surface area contributed by atoms with E-state index in [0.29, 0.717) is 39.3 Å². The maximum absolute atomic E-state index is 11.1. The molecule has 4 aromatic rings. The Morgan fingerprint density at radius 2 is 1.05 bits per heavy atom. The van der Waals surface area contributed by atoms with Gasteiger partial charge in [0.25, 0.3) is 0 Å². The number of benzene rings is 4. The van der Waals surface area contributed by atoms with Gasteiger partial charge >= 0.3 is 11.9 Å². The van der Waals surface area contributed by atoms with Gasteiger partial charge in [-0.2, -0.15) is 0 Å². The van der Waals surface area contributed by atoms with Gasteiger partial charge in [-0.05, 0) is 70.5 Å². The topological polar surface area (TPSA) is 75.4 Å². The molecule has 4 aromatic carbocycles. The molecule has 0 aliphatic heterocycles. The highest BCUT2D eigenvalue weighted by Gasteiger charge is 2.11. The molecule has 1 N–H and O–H groups in total. The van der Waals surface area contributed by atoms with E-state index in [-0.39, 0.29) is 5.97 Å². The molecule has 0 fully saturated rings. The summed E-state index contributed by atoms with van der Waals surface area (Å²) >= 11 is 0. The largest absolute Gasteiger partial charge is 0.509 e. The SMILES string of the molecule is C=CC(=O)OCCCOc1ccc(Cc2ccccc2-c2ccccc2Cc2ccc(OCCCOC(=[OH+])C=C)cc2)cc1. The van der Waals surface area contributed by atoms with E-state index in [1.165, 1.54) is 39.5 Å². The second kappa shape index (κ2) is 17.1. The first-order valence-corrected chi connectivity index (χ1v) is 14.8. The van der Waals surface area contributed by atoms with Gasteiger partial charge in [0.05, 0.1) is 25.9 Å². The van der Waals surface area contributed by atoms with Gasteiger partial charge in [-0.3, -0.25) is 0 Å². The van der Waals surface area contributed by atoms with Gasteiger partial charge in [-0.1, -0.05) is 86.0 Å². The van der Waals surface area contributed by atoms with Crippen molar-refractivity contribution in [2.75, 3.05) is 26.4 Å². The van der Waals surface area contributed by atoms with Gasteiger partial charge in [0.2, 0.25) is 0 Å². The lowest BCUT2D eigenvalue weighted by atomic mass is 9.90. The van der Waals surface area contributed by atoms with Gasteiger partial charge in [0.1, 0.15) is 11.5 Å². The molecule has 0 unspecified atom stereocenters. The first-order valence-electron chi connectivity index (χ1n) is 14.8. The van der Waals surface area contributed by atoms with Crippen molar-refractivity contribution in [2.24, 2.45) is 0 Å². The minimum absolute atomic E-state index is 0.170. The molecular weight excluding hydrogens is 552 g/mol. The smallest absolute Gasteiger partial charge is 0.493 e. The Hall–Kier alpha value is -5.10. The zero-order chi connectivity index (χ0) is 31.0. The second-order valence-corrected chi connectivity index (χ2v) is 10.1. The average molecular weight is 592 g/mol. The lowest BCUT2D eigenvalue weighted by Crippen LogP contribution is -2.06. The summed E-state index contributed by atoms with van der Waals surface area (Å²) < 4.78 is 21.7. The van der Waals surface area contributed by atoms with Gasteiger partial charge in [0.15, 0.2) is 6.61 Å². The summed E-state index contributed by atoms with van der Waals surface area (Å²) in [5.74, 6) is 0.999. The van der Waals surface area contributed by atoms with E-state index in [2.05, 4.69) is 86.0 Å². The van der Waals surface area contributed by atoms with Crippen LogP contribution in [0.25, 0.3) is 11.1 Å². The van der Waals surface area contributed by atoms with Crippen LogP contribution in [0.15, 0.2) is 122 Å². The van der Waals surface area contributed by atoms with Crippen LogP contribution in [0.4, 0.5) is 0 Å². The average Bonchev–Trinajstić information content (AvgIpc) is 3.06. The first kappa shape index (κ1) is 31.8. The molecule has 44 heavy (non-hydrogen) atoms. The third-order valence-corrected chi connectivity index (χ3v) is 6.91. The normalized spacial score (nSPS) is 10.5. The number of ether oxygens (including phenoxy) is 4. The maximum atomic E-state index is 11.1. The fraction of sp³-hybridized carbons (Fsp3) is 0.211. The highest BCUT2D eigenvalue weighted by atomic mass is 16.5. The predicted octanol–water partition coefficient (Wildman–Crippen LogP) is 7.51. The number of hydrogen-bond donors (Lipinski definition) is 0. The van der Waals surface area contributed by atoms with E-state index in [1.54, 1.807) is 0 Å². The van der Waals surface area contributed by atoms with Gasteiger partial charge in [0, 0.05) is 18.9 Å². The Labute approximate surface area is 259 Å². The van der Waals surface area contributed by atoms with Crippen molar-refractivity contribution in [3.8, 4) is 22.6 Å². The summed E-state index contributed by atoms with van der Waals surface area (Å²) in [6.45, 7) is 8.47. The first-order chi connectivity index (χ1) is 21.6. The monoisotopic (exact) mass is 591 g/mol. The van der Waals surface area contributed by atoms with Crippen molar-refractivity contribution in [1.82, 2.24) is 0 Å². The Balaban J connectivity index is 1.36. The van der Waals surface area contributed by atoms with Crippen LogP contribution in [0, 0.1) is 0 Å². The van der Waals surface area contributed by atoms with Crippen LogP contribution in [0.5, 0.6) is 11.5 Å². The molecule has 0 aliphatic carbocycles. The number of esters is 2. The van der Waals surface area contributed by atoms with Crippen molar-refractivity contribution in [2.45, 2.75) is 25.7 Å². The minimum Gasteiger partial charge on any atom is -0.493 e. The number of carbonyl (C=O) groups excluding carboxylic acids is 2. The van der Waals surface area contributed by atoms with Crippen molar-refractivity contribution < 1.29 is 28.5 Å². The molecule has 0 spiro atoms. The molecule has 0 radical (unpaired) electrons. The number of hydrogen-bond acceptors (Lipinski definition) is 5. The summed E-state index contributed by atoms with van der Waals surface area (Å²) in [5, 5.41) is 0. The predicted molar refractivity (Wildman–Crippen MR) is 175 cm³/mol. The summed E-state index contributed by atoms with van der Waals surface area (Å²) in [6.07, 6.45) is 5.29. The lowest BCUT2D eigenvalue weighted by molar-refractivity contribution is -0.137. The van der Waals surface area contributed by atoms with Gasteiger partial charge in [-0.15, -0.1) is 0 Å². The van der Waals surface area contributed by atoms with Crippen LogP contribution in [0.2, 0.25) is 0 Å². The molecule has 6 heteroatoms. The van der Waals surface area contributed by atoms with Gasteiger partial charge < -0.3 is 23.7 Å². The molecule has 0 saturated carbocycles. The Morgan fingerprint density at radius 3 is 1.50 bits per heavy atom. The minimum atomic E-state index is -0.419. The quantitative estimate of drug-likeness (QED) is 0.0550. The highest BCUT2D eigenvalue weighted by molar-refractivity contribution is 5.82. The molecule has 0 aliphatic rings. The highest BCUT2D eigenvalue weighted by Crippen LogP contribution is 2.31. The standard InChI is InChI=1S/C38H38O6/c1-3-37(39)43-25-9-23-41-33-19-15-29(16-20-33)27-31-11-5-7-13-35(31)36-14-8-6-12-32(36)28-30-17-21-34(22-18-30)42-24-10-26-44-38(40)4-2/h3-8,11-22H,1-2,9-10,23-28H2/p+1. The molecule has 4 rings (SSSR count). The molecule has 0 amide bonds. The van der Waals surface area contributed by atoms with Crippen LogP contribution < -0.4 is 9.47 Å². The summed E-state index contributed by atoms with van der Waals surface area (Å²) in [4.78, 5) is 20.4. The molecule has 0 bridgehead atoms. The number of carbonyl (C=O) groups is 1. The molecule has 0 aromatic heterocycles. The van der Waals surface area contributed by atoms with Gasteiger partial charge in [-0.25, -0.2) is 4.79 Å². The molecule has 226 valence electrons. The van der Waals surface area contributed by atoms with E-state index in [4.69, 9.17) is 18.9 Å². The van der Waals surface area contributed by atoms with E-state index in [1.807, 2.05) is 24.3 Å². The molecular formula is C38H39O6+. The number of rotatable bonds is 17. The maximum Gasteiger partial charge on any atom is 0.509 e. The van der Waals surface area contributed by atoms with E-state index in [0.717, 1.165) is 30.4 Å². The van der Waals surface area contributed by atoms with Crippen LogP contribution >= 0.6 is 0 Å². The van der Waals surface area contributed by atoms with E-state index in [9.17, 15) is 9.59 Å². The Morgan fingerprint density at radius 1 is 0.591 bits per heavy atom. The van der Waals surface area contributed by atoms with Crippen LogP contribution in [-0.4, -0.2) is 43.2 Å².